The van der Waals surface area contributed by atoms with Gasteiger partial charge in [0.15, 0.2) is 0 Å². The molecular weight excluding hydrogens is 222 g/mol. The van der Waals surface area contributed by atoms with Crippen LogP contribution in [0.25, 0.3) is 0 Å². The number of benzene rings is 1. The quantitative estimate of drug-likeness (QED) is 0.862. The summed E-state index contributed by atoms with van der Waals surface area (Å²) in [6, 6.07) is 5.76. The fourth-order valence-corrected chi connectivity index (χ4v) is 1.53. The Bertz CT molecular complexity index is 413. The first-order valence-electron chi connectivity index (χ1n) is 5.14. The lowest BCUT2D eigenvalue weighted by molar-refractivity contribution is -0.139. The van der Waals surface area contributed by atoms with Crippen LogP contribution in [0.15, 0.2) is 24.3 Å². The normalized spacial score (nSPS) is 11.7. The molecule has 0 unspecified atom stereocenters. The third kappa shape index (κ3) is 2.96. The van der Waals surface area contributed by atoms with E-state index < -0.39 is 12.0 Å². The van der Waals surface area contributed by atoms with E-state index in [-0.39, 0.29) is 5.91 Å². The molecule has 1 aromatic carbocycles. The van der Waals surface area contributed by atoms with Crippen LogP contribution in [0.5, 0.6) is 5.75 Å². The van der Waals surface area contributed by atoms with Crippen molar-refractivity contribution in [3.05, 3.63) is 24.3 Å². The molecule has 1 amide bonds. The average Bonchev–Trinajstić information content (AvgIpc) is 2.29. The highest BCUT2D eigenvalue weighted by atomic mass is 16.5. The number of anilines is 1. The number of carboxylic acids is 1. The lowest BCUT2D eigenvalue weighted by Crippen LogP contribution is -2.42. The van der Waals surface area contributed by atoms with Gasteiger partial charge in [-0.05, 0) is 31.2 Å². The van der Waals surface area contributed by atoms with Crippen LogP contribution in [0.1, 0.15) is 13.8 Å². The molecule has 5 heteroatoms. The van der Waals surface area contributed by atoms with Crippen LogP contribution in [0.4, 0.5) is 5.69 Å². The van der Waals surface area contributed by atoms with Crippen molar-refractivity contribution >= 4 is 17.6 Å². The first-order valence-corrected chi connectivity index (χ1v) is 5.14. The summed E-state index contributed by atoms with van der Waals surface area (Å²) in [4.78, 5) is 23.6. The zero-order valence-corrected chi connectivity index (χ0v) is 10.0. The summed E-state index contributed by atoms with van der Waals surface area (Å²) in [6.45, 7) is 2.80. The Morgan fingerprint density at radius 3 is 2.18 bits per heavy atom. The second-order valence-electron chi connectivity index (χ2n) is 3.60. The van der Waals surface area contributed by atoms with Crippen LogP contribution in [-0.4, -0.2) is 30.1 Å². The van der Waals surface area contributed by atoms with Crippen molar-refractivity contribution in [1.82, 2.24) is 0 Å². The molecule has 0 heterocycles. The Kier molecular flexibility index (Phi) is 4.09. The maximum Gasteiger partial charge on any atom is 0.326 e. The third-order valence-corrected chi connectivity index (χ3v) is 2.43. The molecule has 0 aromatic heterocycles. The number of hydrogen-bond donors (Lipinski definition) is 1. The second kappa shape index (κ2) is 5.34. The van der Waals surface area contributed by atoms with Gasteiger partial charge in [0.25, 0.3) is 0 Å². The van der Waals surface area contributed by atoms with Gasteiger partial charge in [-0.25, -0.2) is 4.79 Å². The number of amides is 1. The van der Waals surface area contributed by atoms with Crippen molar-refractivity contribution in [3.63, 3.8) is 0 Å². The Morgan fingerprint density at radius 1 is 1.29 bits per heavy atom. The van der Waals surface area contributed by atoms with E-state index >= 15 is 0 Å². The summed E-state index contributed by atoms with van der Waals surface area (Å²) in [5, 5.41) is 8.94. The first kappa shape index (κ1) is 13.0. The molecule has 0 radical (unpaired) electrons. The molecule has 92 valence electrons. The predicted octanol–water partition coefficient (Wildman–Crippen LogP) is 1.52. The molecule has 0 aliphatic heterocycles. The molecule has 1 rings (SSSR count). The van der Waals surface area contributed by atoms with Crippen molar-refractivity contribution in [2.75, 3.05) is 12.0 Å². The summed E-state index contributed by atoms with van der Waals surface area (Å²) < 4.78 is 5.00. The lowest BCUT2D eigenvalue weighted by atomic mass is 10.2. The van der Waals surface area contributed by atoms with Crippen LogP contribution < -0.4 is 9.64 Å². The number of ether oxygens (including phenoxy) is 1. The lowest BCUT2D eigenvalue weighted by Gasteiger charge is -2.25. The van der Waals surface area contributed by atoms with E-state index in [9.17, 15) is 9.59 Å². The number of carbonyl (C=O) groups excluding carboxylic acids is 1. The van der Waals surface area contributed by atoms with Crippen LogP contribution in [-0.2, 0) is 9.59 Å². The van der Waals surface area contributed by atoms with Gasteiger partial charge >= 0.3 is 5.97 Å². The van der Waals surface area contributed by atoms with Gasteiger partial charge in [0.1, 0.15) is 11.8 Å². The van der Waals surface area contributed by atoms with E-state index in [1.165, 1.54) is 25.9 Å². The highest BCUT2D eigenvalue weighted by Crippen LogP contribution is 2.21. The van der Waals surface area contributed by atoms with Crippen LogP contribution >= 0.6 is 0 Å². The SMILES string of the molecule is COc1ccc(N(C(C)=O)[C@@H](C)C(=O)O)cc1. The Balaban J connectivity index is 3.05. The molecular formula is C12H15NO4. The van der Waals surface area contributed by atoms with Gasteiger partial charge in [-0.2, -0.15) is 0 Å². The first-order chi connectivity index (χ1) is 7.97. The van der Waals surface area contributed by atoms with E-state index in [0.29, 0.717) is 11.4 Å². The van der Waals surface area contributed by atoms with Crippen molar-refractivity contribution in [2.45, 2.75) is 19.9 Å². The van der Waals surface area contributed by atoms with Crippen LogP contribution in [0, 0.1) is 0 Å². The molecule has 17 heavy (non-hydrogen) atoms. The molecule has 0 aliphatic rings. The fraction of sp³-hybridized carbons (Fsp3) is 0.333. The minimum atomic E-state index is -1.05. The topological polar surface area (TPSA) is 66.8 Å². The molecule has 5 nitrogen and oxygen atoms in total. The maximum absolute atomic E-state index is 11.5. The Morgan fingerprint density at radius 2 is 1.82 bits per heavy atom. The van der Waals surface area contributed by atoms with E-state index in [1.807, 2.05) is 0 Å². The van der Waals surface area contributed by atoms with Crippen molar-refractivity contribution in [3.8, 4) is 5.75 Å². The predicted molar refractivity (Wildman–Crippen MR) is 63.3 cm³/mol. The zero-order valence-electron chi connectivity index (χ0n) is 10.0. The van der Waals surface area contributed by atoms with Crippen molar-refractivity contribution in [1.29, 1.82) is 0 Å². The summed E-state index contributed by atoms with van der Waals surface area (Å²) in [6.07, 6.45) is 0. The number of aliphatic carboxylic acids is 1. The van der Waals surface area contributed by atoms with E-state index in [1.54, 1.807) is 24.3 Å². The highest BCUT2D eigenvalue weighted by molar-refractivity contribution is 5.97. The highest BCUT2D eigenvalue weighted by Gasteiger charge is 2.24. The van der Waals surface area contributed by atoms with E-state index in [2.05, 4.69) is 0 Å². The molecule has 0 fully saturated rings. The fourth-order valence-electron chi connectivity index (χ4n) is 1.53. The molecule has 0 spiro atoms. The van der Waals surface area contributed by atoms with Crippen LogP contribution in [0.2, 0.25) is 0 Å². The van der Waals surface area contributed by atoms with Crippen molar-refractivity contribution < 1.29 is 19.4 Å². The van der Waals surface area contributed by atoms with E-state index in [4.69, 9.17) is 9.84 Å². The number of nitrogens with zero attached hydrogens (tertiary/aromatic N) is 1. The molecule has 0 saturated heterocycles. The third-order valence-electron chi connectivity index (χ3n) is 2.43. The Hall–Kier alpha value is -2.04. The average molecular weight is 237 g/mol. The number of carbonyl (C=O) groups is 2. The van der Waals surface area contributed by atoms with Gasteiger partial charge in [0.2, 0.25) is 5.91 Å². The number of carboxylic acid groups (broad SMARTS) is 1. The van der Waals surface area contributed by atoms with E-state index in [0.717, 1.165) is 0 Å². The number of rotatable bonds is 4. The minimum absolute atomic E-state index is 0.315. The second-order valence-corrected chi connectivity index (χ2v) is 3.60. The zero-order chi connectivity index (χ0) is 13.0. The Labute approximate surface area is 99.6 Å². The van der Waals surface area contributed by atoms with Crippen molar-refractivity contribution in [2.24, 2.45) is 0 Å². The van der Waals surface area contributed by atoms with Crippen LogP contribution in [0.3, 0.4) is 0 Å². The van der Waals surface area contributed by atoms with Gasteiger partial charge in [-0.1, -0.05) is 0 Å². The molecule has 0 bridgehead atoms. The van der Waals surface area contributed by atoms with Gasteiger partial charge in [-0.15, -0.1) is 0 Å². The molecule has 1 atom stereocenters. The standard InChI is InChI=1S/C12H15NO4/c1-8(12(15)16)13(9(2)14)10-4-6-11(17-3)7-5-10/h4-8H,1-3H3,(H,15,16)/t8-/m0/s1. The minimum Gasteiger partial charge on any atom is -0.497 e. The molecule has 0 saturated carbocycles. The summed E-state index contributed by atoms with van der Waals surface area (Å²) in [5.74, 6) is -0.707. The number of methoxy groups -OCH3 is 1. The summed E-state index contributed by atoms with van der Waals surface area (Å²) >= 11 is 0. The number of hydrogen-bond acceptors (Lipinski definition) is 3. The molecule has 0 aliphatic carbocycles. The summed E-state index contributed by atoms with van der Waals surface area (Å²) in [5.41, 5.74) is 0.535. The smallest absolute Gasteiger partial charge is 0.326 e. The monoisotopic (exact) mass is 237 g/mol. The largest absolute Gasteiger partial charge is 0.497 e. The maximum atomic E-state index is 11.5. The molecule has 1 N–H and O–H groups in total. The van der Waals surface area contributed by atoms with Gasteiger partial charge in [0.05, 0.1) is 7.11 Å². The molecule has 1 aromatic rings. The summed E-state index contributed by atoms with van der Waals surface area (Å²) in [7, 11) is 1.54. The van der Waals surface area contributed by atoms with Gasteiger partial charge in [-0.3, -0.25) is 9.69 Å². The van der Waals surface area contributed by atoms with Gasteiger partial charge in [0, 0.05) is 12.6 Å². The van der Waals surface area contributed by atoms with Gasteiger partial charge < -0.3 is 9.84 Å².